The number of likely N-dealkylation sites (tertiary alicyclic amines) is 1. The first kappa shape index (κ1) is 18.3. The second kappa shape index (κ2) is 6.45. The zero-order valence-electron chi connectivity index (χ0n) is 13.5. The standard InChI is InChI=1S/C17H20F3NO3/c1-16(2,17(18,19)20)8-14(22)21-9-12(13(10-21)15(23)24)11-6-4-3-5-7-11/h3-7,12-13H,8-10H2,1-2H3,(H,23,24). The highest BCUT2D eigenvalue weighted by Crippen LogP contribution is 2.41. The van der Waals surface area contributed by atoms with E-state index in [0.717, 1.165) is 19.4 Å². The lowest BCUT2D eigenvalue weighted by Gasteiger charge is -2.29. The van der Waals surface area contributed by atoms with Crippen molar-refractivity contribution in [3.05, 3.63) is 35.9 Å². The van der Waals surface area contributed by atoms with Crippen LogP contribution in [-0.2, 0) is 9.59 Å². The predicted octanol–water partition coefficient (Wildman–Crippen LogP) is 3.29. The van der Waals surface area contributed by atoms with Gasteiger partial charge in [-0.1, -0.05) is 44.2 Å². The molecule has 0 bridgehead atoms. The highest BCUT2D eigenvalue weighted by atomic mass is 19.4. The first-order chi connectivity index (χ1) is 11.0. The van der Waals surface area contributed by atoms with Crippen molar-refractivity contribution in [2.45, 2.75) is 32.4 Å². The highest BCUT2D eigenvalue weighted by Gasteiger charge is 2.50. The molecule has 2 atom stereocenters. The molecule has 1 N–H and O–H groups in total. The number of alkyl halides is 3. The first-order valence-electron chi connectivity index (χ1n) is 7.65. The first-order valence-corrected chi connectivity index (χ1v) is 7.65. The topological polar surface area (TPSA) is 57.6 Å². The van der Waals surface area contributed by atoms with E-state index in [-0.39, 0.29) is 13.1 Å². The maximum atomic E-state index is 13.0. The molecule has 4 nitrogen and oxygen atoms in total. The van der Waals surface area contributed by atoms with Gasteiger partial charge in [0.15, 0.2) is 0 Å². The van der Waals surface area contributed by atoms with Crippen LogP contribution >= 0.6 is 0 Å². The third-order valence-corrected chi connectivity index (χ3v) is 4.58. The summed E-state index contributed by atoms with van der Waals surface area (Å²) in [5, 5.41) is 9.39. The number of amides is 1. The number of aliphatic carboxylic acids is 1. The van der Waals surface area contributed by atoms with Crippen LogP contribution in [0.3, 0.4) is 0 Å². The number of carboxylic acid groups (broad SMARTS) is 1. The monoisotopic (exact) mass is 343 g/mol. The summed E-state index contributed by atoms with van der Waals surface area (Å²) >= 11 is 0. The summed E-state index contributed by atoms with van der Waals surface area (Å²) in [4.78, 5) is 25.0. The van der Waals surface area contributed by atoms with Gasteiger partial charge < -0.3 is 10.0 Å². The van der Waals surface area contributed by atoms with E-state index < -0.39 is 41.7 Å². The Balaban J connectivity index is 2.16. The quantitative estimate of drug-likeness (QED) is 0.913. The molecule has 1 aromatic rings. The normalized spacial score (nSPS) is 21.8. The molecule has 1 heterocycles. The minimum absolute atomic E-state index is 0.0678. The fourth-order valence-corrected chi connectivity index (χ4v) is 2.89. The Kier molecular flexibility index (Phi) is 4.92. The van der Waals surface area contributed by atoms with Gasteiger partial charge in [0.1, 0.15) is 0 Å². The van der Waals surface area contributed by atoms with Gasteiger partial charge in [-0.25, -0.2) is 0 Å². The lowest BCUT2D eigenvalue weighted by molar-refractivity contribution is -0.215. The van der Waals surface area contributed by atoms with Crippen LogP contribution < -0.4 is 0 Å². The number of hydrogen-bond donors (Lipinski definition) is 1. The number of hydrogen-bond acceptors (Lipinski definition) is 2. The molecule has 0 saturated carbocycles. The van der Waals surface area contributed by atoms with E-state index in [4.69, 9.17) is 0 Å². The molecule has 0 spiro atoms. The van der Waals surface area contributed by atoms with Gasteiger partial charge in [0.25, 0.3) is 0 Å². The van der Waals surface area contributed by atoms with Crippen LogP contribution in [-0.4, -0.2) is 41.1 Å². The number of benzene rings is 1. The number of carbonyl (C=O) groups excluding carboxylic acids is 1. The van der Waals surface area contributed by atoms with Crippen molar-refractivity contribution in [1.29, 1.82) is 0 Å². The van der Waals surface area contributed by atoms with E-state index in [9.17, 15) is 27.9 Å². The Morgan fingerprint density at radius 1 is 1.17 bits per heavy atom. The average molecular weight is 343 g/mol. The SMILES string of the molecule is CC(C)(CC(=O)N1CC(C(=O)O)C(c2ccccc2)C1)C(F)(F)F. The highest BCUT2D eigenvalue weighted by molar-refractivity contribution is 5.80. The molecular formula is C17H20F3NO3. The Hall–Kier alpha value is -2.05. The van der Waals surface area contributed by atoms with Crippen LogP contribution in [0.15, 0.2) is 30.3 Å². The van der Waals surface area contributed by atoms with E-state index in [0.29, 0.717) is 0 Å². The fourth-order valence-electron chi connectivity index (χ4n) is 2.89. The molecule has 132 valence electrons. The van der Waals surface area contributed by atoms with Crippen molar-refractivity contribution in [3.63, 3.8) is 0 Å². The van der Waals surface area contributed by atoms with Gasteiger partial charge in [-0.2, -0.15) is 13.2 Å². The van der Waals surface area contributed by atoms with Crippen molar-refractivity contribution in [2.75, 3.05) is 13.1 Å². The minimum Gasteiger partial charge on any atom is -0.481 e. The summed E-state index contributed by atoms with van der Waals surface area (Å²) in [6.45, 7) is 2.00. The van der Waals surface area contributed by atoms with Crippen molar-refractivity contribution in [2.24, 2.45) is 11.3 Å². The maximum absolute atomic E-state index is 13.0. The van der Waals surface area contributed by atoms with E-state index >= 15 is 0 Å². The fraction of sp³-hybridized carbons (Fsp3) is 0.529. The van der Waals surface area contributed by atoms with E-state index in [1.165, 1.54) is 4.90 Å². The van der Waals surface area contributed by atoms with Gasteiger partial charge in [0.2, 0.25) is 5.91 Å². The van der Waals surface area contributed by atoms with Gasteiger partial charge in [-0.3, -0.25) is 9.59 Å². The Morgan fingerprint density at radius 2 is 1.75 bits per heavy atom. The summed E-state index contributed by atoms with van der Waals surface area (Å²) in [7, 11) is 0. The lowest BCUT2D eigenvalue weighted by Crippen LogP contribution is -2.39. The molecule has 1 fully saturated rings. The van der Waals surface area contributed by atoms with Crippen LogP contribution in [0.5, 0.6) is 0 Å². The van der Waals surface area contributed by atoms with Crippen LogP contribution in [0.2, 0.25) is 0 Å². The second-order valence-corrected chi connectivity index (χ2v) is 6.82. The van der Waals surface area contributed by atoms with Gasteiger partial charge in [-0.15, -0.1) is 0 Å². The van der Waals surface area contributed by atoms with Gasteiger partial charge >= 0.3 is 12.1 Å². The average Bonchev–Trinajstić information content (AvgIpc) is 2.92. The van der Waals surface area contributed by atoms with Crippen LogP contribution in [0.1, 0.15) is 31.7 Å². The van der Waals surface area contributed by atoms with Gasteiger partial charge in [0.05, 0.1) is 11.3 Å². The molecule has 2 unspecified atom stereocenters. The molecule has 1 saturated heterocycles. The summed E-state index contributed by atoms with van der Waals surface area (Å²) in [6.07, 6.45) is -5.18. The number of halogens is 3. The van der Waals surface area contributed by atoms with Crippen molar-refractivity contribution < 1.29 is 27.9 Å². The number of carbonyl (C=O) groups is 2. The zero-order valence-corrected chi connectivity index (χ0v) is 13.5. The molecule has 7 heteroatoms. The van der Waals surface area contributed by atoms with Gasteiger partial charge in [0, 0.05) is 25.4 Å². The van der Waals surface area contributed by atoms with Crippen molar-refractivity contribution in [1.82, 2.24) is 4.90 Å². The minimum atomic E-state index is -4.49. The van der Waals surface area contributed by atoms with Crippen LogP contribution in [0.25, 0.3) is 0 Å². The molecule has 0 aromatic heterocycles. The molecule has 1 aliphatic heterocycles. The van der Waals surface area contributed by atoms with Crippen LogP contribution in [0, 0.1) is 11.3 Å². The van der Waals surface area contributed by atoms with E-state index in [2.05, 4.69) is 0 Å². The number of rotatable bonds is 4. The molecule has 1 amide bonds. The zero-order chi connectivity index (χ0) is 18.1. The summed E-state index contributed by atoms with van der Waals surface area (Å²) < 4.78 is 38.9. The third-order valence-electron chi connectivity index (χ3n) is 4.58. The second-order valence-electron chi connectivity index (χ2n) is 6.82. The molecule has 24 heavy (non-hydrogen) atoms. The van der Waals surface area contributed by atoms with Gasteiger partial charge in [-0.05, 0) is 5.56 Å². The Morgan fingerprint density at radius 3 is 2.25 bits per heavy atom. The number of nitrogens with zero attached hydrogens (tertiary/aromatic N) is 1. The Bertz CT molecular complexity index is 613. The van der Waals surface area contributed by atoms with E-state index in [1.807, 2.05) is 0 Å². The molecular weight excluding hydrogens is 323 g/mol. The van der Waals surface area contributed by atoms with Crippen LogP contribution in [0.4, 0.5) is 13.2 Å². The molecule has 1 aromatic carbocycles. The molecule has 0 aliphatic carbocycles. The van der Waals surface area contributed by atoms with Crippen molar-refractivity contribution in [3.8, 4) is 0 Å². The van der Waals surface area contributed by atoms with Crippen molar-refractivity contribution >= 4 is 11.9 Å². The molecule has 1 aliphatic rings. The lowest BCUT2D eigenvalue weighted by atomic mass is 9.88. The summed E-state index contributed by atoms with van der Waals surface area (Å²) in [5.74, 6) is -2.94. The smallest absolute Gasteiger partial charge is 0.394 e. The van der Waals surface area contributed by atoms with E-state index in [1.54, 1.807) is 30.3 Å². The summed E-state index contributed by atoms with van der Waals surface area (Å²) in [6, 6.07) is 8.88. The maximum Gasteiger partial charge on any atom is 0.394 e. The largest absolute Gasteiger partial charge is 0.481 e. The number of carboxylic acids is 1. The summed E-state index contributed by atoms with van der Waals surface area (Å²) in [5.41, 5.74) is -1.37. The Labute approximate surface area is 138 Å². The molecule has 2 rings (SSSR count). The third kappa shape index (κ3) is 3.71. The molecule has 0 radical (unpaired) electrons. The predicted molar refractivity (Wildman–Crippen MR) is 81.3 cm³/mol.